The zero-order valence-corrected chi connectivity index (χ0v) is 17.4. The number of carbonyl (C=O) groups excluding carboxylic acids is 2. The van der Waals surface area contributed by atoms with Crippen molar-refractivity contribution in [2.45, 2.75) is 50.1 Å². The second-order valence-corrected chi connectivity index (χ2v) is 9.17. The fourth-order valence-corrected chi connectivity index (χ4v) is 7.51. The molecule has 1 aromatic carbocycles. The van der Waals surface area contributed by atoms with Crippen molar-refractivity contribution < 1.29 is 23.8 Å². The smallest absolute Gasteiger partial charge is 0.317 e. The fraction of sp³-hybridized carbons (Fsp3) is 0.565. The van der Waals surface area contributed by atoms with Crippen molar-refractivity contribution in [3.05, 3.63) is 41.5 Å². The summed E-state index contributed by atoms with van der Waals surface area (Å²) in [5, 5.41) is 3.70. The Morgan fingerprint density at radius 2 is 2.17 bits per heavy atom. The van der Waals surface area contributed by atoms with Gasteiger partial charge in [0.1, 0.15) is 18.2 Å². The van der Waals surface area contributed by atoms with E-state index in [9.17, 15) is 9.59 Å². The molecule has 5 aliphatic rings. The Labute approximate surface area is 175 Å². The molecule has 0 radical (unpaired) electrons. The number of anilines is 1. The quantitative estimate of drug-likeness (QED) is 0.605. The van der Waals surface area contributed by atoms with E-state index in [1.807, 2.05) is 25.1 Å². The minimum absolute atomic E-state index is 0.0163. The second kappa shape index (κ2) is 5.65. The number of methoxy groups -OCH3 is 1. The molecule has 1 aliphatic carbocycles. The molecule has 1 spiro atoms. The molecule has 4 bridgehead atoms. The lowest BCUT2D eigenvalue weighted by atomic mass is 9.42. The van der Waals surface area contributed by atoms with Gasteiger partial charge in [-0.15, -0.1) is 0 Å². The van der Waals surface area contributed by atoms with E-state index in [1.54, 1.807) is 0 Å². The lowest BCUT2D eigenvalue weighted by Gasteiger charge is -2.64. The number of esters is 2. The van der Waals surface area contributed by atoms with Gasteiger partial charge in [-0.25, -0.2) is 0 Å². The van der Waals surface area contributed by atoms with Crippen LogP contribution in [0.25, 0.3) is 0 Å². The first kappa shape index (κ1) is 18.4. The van der Waals surface area contributed by atoms with E-state index < -0.39 is 22.5 Å². The lowest BCUT2D eigenvalue weighted by Crippen LogP contribution is -2.78. The SMILES string of the molecule is CC=C1CN2C3CC45c6ccccc6N[C@]4(O3)C2CC1C5(COC(C)=O)C(=O)OC. The minimum Gasteiger partial charge on any atom is -0.468 e. The Morgan fingerprint density at radius 1 is 1.37 bits per heavy atom. The average molecular weight is 410 g/mol. The number of carbonyl (C=O) groups is 2. The van der Waals surface area contributed by atoms with Crippen LogP contribution in [0.3, 0.4) is 0 Å². The largest absolute Gasteiger partial charge is 0.468 e. The predicted octanol–water partition coefficient (Wildman–Crippen LogP) is 2.18. The van der Waals surface area contributed by atoms with E-state index in [4.69, 9.17) is 14.2 Å². The van der Waals surface area contributed by atoms with Gasteiger partial charge in [0.2, 0.25) is 0 Å². The Bertz CT molecular complexity index is 1010. The zero-order valence-electron chi connectivity index (χ0n) is 17.4. The molecule has 5 unspecified atom stereocenters. The van der Waals surface area contributed by atoms with E-state index >= 15 is 0 Å². The first-order valence-electron chi connectivity index (χ1n) is 10.6. The Kier molecular flexibility index (Phi) is 3.46. The molecule has 4 aliphatic heterocycles. The Morgan fingerprint density at radius 3 is 2.90 bits per heavy atom. The molecule has 1 N–H and O–H groups in total. The van der Waals surface area contributed by atoms with E-state index in [2.05, 4.69) is 22.4 Å². The Hall–Kier alpha value is -2.38. The molecule has 0 amide bonds. The van der Waals surface area contributed by atoms with Gasteiger partial charge in [0.25, 0.3) is 0 Å². The molecule has 6 atom stereocenters. The highest BCUT2D eigenvalue weighted by molar-refractivity contribution is 5.86. The molecule has 4 fully saturated rings. The van der Waals surface area contributed by atoms with Crippen molar-refractivity contribution in [2.75, 3.05) is 25.6 Å². The fourth-order valence-electron chi connectivity index (χ4n) is 7.51. The molecule has 3 saturated heterocycles. The number of nitrogens with one attached hydrogen (secondary N) is 1. The molecule has 158 valence electrons. The highest BCUT2D eigenvalue weighted by atomic mass is 16.6. The number of rotatable bonds is 3. The molecule has 7 nitrogen and oxygen atoms in total. The molecule has 4 heterocycles. The van der Waals surface area contributed by atoms with Crippen LogP contribution in [-0.4, -0.2) is 55.1 Å². The van der Waals surface area contributed by atoms with Crippen molar-refractivity contribution in [3.8, 4) is 0 Å². The topological polar surface area (TPSA) is 77.1 Å². The van der Waals surface area contributed by atoms with Gasteiger partial charge in [0.15, 0.2) is 5.72 Å². The van der Waals surface area contributed by atoms with Gasteiger partial charge in [-0.05, 0) is 25.0 Å². The number of hydrogen-bond donors (Lipinski definition) is 1. The van der Waals surface area contributed by atoms with Crippen molar-refractivity contribution in [1.82, 2.24) is 4.90 Å². The predicted molar refractivity (Wildman–Crippen MR) is 107 cm³/mol. The van der Waals surface area contributed by atoms with Crippen LogP contribution in [0.1, 0.15) is 32.3 Å². The number of para-hydroxylation sites is 1. The van der Waals surface area contributed by atoms with E-state index in [-0.39, 0.29) is 30.8 Å². The highest BCUT2D eigenvalue weighted by Gasteiger charge is 2.87. The summed E-state index contributed by atoms with van der Waals surface area (Å²) < 4.78 is 17.9. The number of nitrogens with zero attached hydrogens (tertiary/aromatic N) is 1. The van der Waals surface area contributed by atoms with Crippen LogP contribution in [0.5, 0.6) is 0 Å². The van der Waals surface area contributed by atoms with Crippen LogP contribution in [0, 0.1) is 11.3 Å². The summed E-state index contributed by atoms with van der Waals surface area (Å²) in [4.78, 5) is 28.2. The first-order valence-corrected chi connectivity index (χ1v) is 10.6. The molecule has 7 heteroatoms. The van der Waals surface area contributed by atoms with Crippen LogP contribution in [0.15, 0.2) is 35.9 Å². The highest BCUT2D eigenvalue weighted by Crippen LogP contribution is 2.76. The molecular weight excluding hydrogens is 384 g/mol. The van der Waals surface area contributed by atoms with Gasteiger partial charge in [0.05, 0.1) is 18.6 Å². The standard InChI is InChI=1S/C23H26N2O5/c1-4-14-11-25-18-9-16(14)21(20(27)28-3,12-29-13(2)26)22-10-19(25)30-23(18,22)24-17-8-6-5-7-15(17)22/h4-8,16,18-19,24H,9-12H2,1-3H3/t16?,18?,19?,21?,22?,23-/m0/s1. The molecule has 30 heavy (non-hydrogen) atoms. The average Bonchev–Trinajstić information content (AvgIpc) is 3.35. The summed E-state index contributed by atoms with van der Waals surface area (Å²) in [7, 11) is 1.43. The number of piperidine rings is 2. The molecule has 6 rings (SSSR count). The van der Waals surface area contributed by atoms with Crippen LogP contribution in [-0.2, 0) is 29.2 Å². The zero-order chi connectivity index (χ0) is 20.9. The number of allylic oxidation sites excluding steroid dienone is 1. The van der Waals surface area contributed by atoms with Gasteiger partial charge >= 0.3 is 11.9 Å². The Balaban J connectivity index is 1.69. The van der Waals surface area contributed by atoms with Crippen molar-refractivity contribution in [3.63, 3.8) is 0 Å². The third-order valence-corrected chi connectivity index (χ3v) is 8.44. The summed E-state index contributed by atoms with van der Waals surface area (Å²) in [5.41, 5.74) is 0.775. The van der Waals surface area contributed by atoms with Gasteiger partial charge < -0.3 is 19.5 Å². The summed E-state index contributed by atoms with van der Waals surface area (Å²) in [6, 6.07) is 8.28. The summed E-state index contributed by atoms with van der Waals surface area (Å²) in [6.45, 7) is 4.15. The lowest BCUT2D eigenvalue weighted by molar-refractivity contribution is -0.196. The van der Waals surface area contributed by atoms with Crippen molar-refractivity contribution in [2.24, 2.45) is 11.3 Å². The first-order chi connectivity index (χ1) is 14.4. The number of fused-ring (bicyclic) bond motifs is 4. The number of hydrogen-bond acceptors (Lipinski definition) is 7. The maximum absolute atomic E-state index is 13.8. The third-order valence-electron chi connectivity index (χ3n) is 8.44. The van der Waals surface area contributed by atoms with Gasteiger partial charge in [-0.3, -0.25) is 14.5 Å². The number of benzene rings is 1. The normalized spacial score (nSPS) is 43.3. The monoisotopic (exact) mass is 410 g/mol. The van der Waals surface area contributed by atoms with Gasteiger partial charge in [-0.2, -0.15) is 0 Å². The van der Waals surface area contributed by atoms with Gasteiger partial charge in [0, 0.05) is 31.5 Å². The van der Waals surface area contributed by atoms with Gasteiger partial charge in [-0.1, -0.05) is 29.8 Å². The summed E-state index contributed by atoms with van der Waals surface area (Å²) in [5.74, 6) is -0.804. The van der Waals surface area contributed by atoms with E-state index in [0.29, 0.717) is 6.42 Å². The summed E-state index contributed by atoms with van der Waals surface area (Å²) in [6.07, 6.45) is 3.45. The molecular formula is C23H26N2O5. The second-order valence-electron chi connectivity index (χ2n) is 9.17. The maximum Gasteiger partial charge on any atom is 0.317 e. The molecule has 1 saturated carbocycles. The van der Waals surface area contributed by atoms with Crippen LogP contribution in [0.2, 0.25) is 0 Å². The van der Waals surface area contributed by atoms with Crippen molar-refractivity contribution in [1.29, 1.82) is 0 Å². The number of ether oxygens (including phenoxy) is 3. The van der Waals surface area contributed by atoms with Crippen LogP contribution in [0.4, 0.5) is 5.69 Å². The van der Waals surface area contributed by atoms with Crippen LogP contribution >= 0.6 is 0 Å². The maximum atomic E-state index is 13.8. The van der Waals surface area contributed by atoms with E-state index in [1.165, 1.54) is 19.6 Å². The molecule has 0 aromatic heterocycles. The minimum atomic E-state index is -1.06. The summed E-state index contributed by atoms with van der Waals surface area (Å²) >= 11 is 0. The molecule has 1 aromatic rings. The third kappa shape index (κ3) is 1.70. The van der Waals surface area contributed by atoms with Crippen LogP contribution < -0.4 is 5.32 Å². The van der Waals surface area contributed by atoms with E-state index in [0.717, 1.165) is 24.2 Å². The van der Waals surface area contributed by atoms with Crippen molar-refractivity contribution >= 4 is 17.6 Å².